The van der Waals surface area contributed by atoms with Gasteiger partial charge in [0.2, 0.25) is 11.8 Å². The topological polar surface area (TPSA) is 89.4 Å². The Bertz CT molecular complexity index is 312. The van der Waals surface area contributed by atoms with Gasteiger partial charge in [0.15, 0.2) is 0 Å². The number of nitrogens with zero attached hydrogens (tertiary/aromatic N) is 1. The maximum atomic E-state index is 12.2. The molecule has 5 nitrogen and oxygen atoms in total. The van der Waals surface area contributed by atoms with Crippen molar-refractivity contribution in [3.8, 4) is 0 Å². The summed E-state index contributed by atoms with van der Waals surface area (Å²) in [4.78, 5) is 24.8. The summed E-state index contributed by atoms with van der Waals surface area (Å²) in [5.41, 5.74) is 11.1. The van der Waals surface area contributed by atoms with E-state index in [1.807, 2.05) is 0 Å². The number of hydrogen-bond acceptors (Lipinski definition) is 3. The van der Waals surface area contributed by atoms with Gasteiger partial charge in [0.25, 0.3) is 0 Å². The van der Waals surface area contributed by atoms with Crippen LogP contribution in [0.15, 0.2) is 0 Å². The van der Waals surface area contributed by atoms with Gasteiger partial charge in [-0.1, -0.05) is 13.3 Å². The highest BCUT2D eigenvalue weighted by atomic mass is 16.2. The summed E-state index contributed by atoms with van der Waals surface area (Å²) in [6.45, 7) is 2.75. The number of primary amides is 1. The molecule has 0 aromatic rings. The van der Waals surface area contributed by atoms with Crippen molar-refractivity contribution >= 4 is 11.8 Å². The van der Waals surface area contributed by atoms with Gasteiger partial charge in [-0.2, -0.15) is 0 Å². The van der Waals surface area contributed by atoms with Crippen molar-refractivity contribution in [2.45, 2.75) is 64.3 Å². The smallest absolute Gasteiger partial charge is 0.237 e. The quantitative estimate of drug-likeness (QED) is 0.705. The Labute approximate surface area is 122 Å². The van der Waals surface area contributed by atoms with Crippen LogP contribution in [0.25, 0.3) is 0 Å². The van der Waals surface area contributed by atoms with Crippen LogP contribution in [0.3, 0.4) is 0 Å². The Morgan fingerprint density at radius 2 is 1.85 bits per heavy atom. The van der Waals surface area contributed by atoms with Crippen LogP contribution < -0.4 is 11.5 Å². The van der Waals surface area contributed by atoms with E-state index < -0.39 is 5.91 Å². The van der Waals surface area contributed by atoms with Crippen LogP contribution in [0.1, 0.15) is 58.3 Å². The molecule has 0 saturated heterocycles. The standard InChI is InChI=1S/C15H29N3O2/c1-2-3-10-18(11-14(17)19)15(20)9-6-12-4-7-13(16)8-5-12/h12-13H,2-11,16H2,1H3,(H2,17,19). The maximum Gasteiger partial charge on any atom is 0.237 e. The molecule has 0 atom stereocenters. The van der Waals surface area contributed by atoms with E-state index in [-0.39, 0.29) is 12.5 Å². The molecule has 0 aliphatic heterocycles. The summed E-state index contributed by atoms with van der Waals surface area (Å²) in [5.74, 6) is 0.241. The van der Waals surface area contributed by atoms with Crippen LogP contribution in [0.2, 0.25) is 0 Å². The lowest BCUT2D eigenvalue weighted by atomic mass is 9.84. The predicted molar refractivity (Wildman–Crippen MR) is 79.8 cm³/mol. The molecule has 1 fully saturated rings. The fourth-order valence-electron chi connectivity index (χ4n) is 2.79. The number of amides is 2. The van der Waals surface area contributed by atoms with Crippen LogP contribution in [0.4, 0.5) is 0 Å². The first-order chi connectivity index (χ1) is 9.52. The fraction of sp³-hybridized carbons (Fsp3) is 0.867. The minimum absolute atomic E-state index is 0.0500. The van der Waals surface area contributed by atoms with Crippen molar-refractivity contribution in [2.75, 3.05) is 13.1 Å². The average molecular weight is 283 g/mol. The zero-order valence-electron chi connectivity index (χ0n) is 12.6. The third-order valence-corrected chi connectivity index (χ3v) is 4.14. The number of rotatable bonds is 8. The number of carbonyl (C=O) groups excluding carboxylic acids is 2. The molecule has 0 radical (unpaired) electrons. The molecular weight excluding hydrogens is 254 g/mol. The highest BCUT2D eigenvalue weighted by molar-refractivity contribution is 5.83. The molecule has 5 heteroatoms. The van der Waals surface area contributed by atoms with Gasteiger partial charge in [0, 0.05) is 19.0 Å². The molecule has 2 amide bonds. The molecule has 20 heavy (non-hydrogen) atoms. The van der Waals surface area contributed by atoms with Crippen molar-refractivity contribution in [2.24, 2.45) is 17.4 Å². The third-order valence-electron chi connectivity index (χ3n) is 4.14. The Morgan fingerprint density at radius 1 is 1.20 bits per heavy atom. The molecule has 1 rings (SSSR count). The normalized spacial score (nSPS) is 22.5. The van der Waals surface area contributed by atoms with Crippen molar-refractivity contribution in [1.29, 1.82) is 0 Å². The SMILES string of the molecule is CCCCN(CC(N)=O)C(=O)CCC1CCC(N)CC1. The monoisotopic (exact) mass is 283 g/mol. The van der Waals surface area contributed by atoms with E-state index in [9.17, 15) is 9.59 Å². The second kappa shape index (κ2) is 8.95. The molecule has 0 aromatic carbocycles. The molecule has 1 saturated carbocycles. The summed E-state index contributed by atoms with van der Waals surface area (Å²) < 4.78 is 0. The molecule has 1 aliphatic carbocycles. The molecule has 1 aliphatic rings. The summed E-state index contributed by atoms with van der Waals surface area (Å²) in [7, 11) is 0. The summed E-state index contributed by atoms with van der Waals surface area (Å²) in [6, 6.07) is 0.345. The third kappa shape index (κ3) is 6.37. The lowest BCUT2D eigenvalue weighted by molar-refractivity contribution is -0.135. The van der Waals surface area contributed by atoms with Gasteiger partial charge in [-0.05, 0) is 44.4 Å². The van der Waals surface area contributed by atoms with Crippen LogP contribution in [-0.2, 0) is 9.59 Å². The van der Waals surface area contributed by atoms with E-state index >= 15 is 0 Å². The summed E-state index contributed by atoms with van der Waals surface area (Å²) >= 11 is 0. The van der Waals surface area contributed by atoms with E-state index in [1.165, 1.54) is 0 Å². The number of hydrogen-bond donors (Lipinski definition) is 2. The molecule has 0 spiro atoms. The molecule has 0 aromatic heterocycles. The first-order valence-corrected chi connectivity index (χ1v) is 7.84. The Morgan fingerprint density at radius 3 is 2.40 bits per heavy atom. The zero-order valence-corrected chi connectivity index (χ0v) is 12.6. The minimum atomic E-state index is -0.432. The van der Waals surface area contributed by atoms with E-state index in [2.05, 4.69) is 6.92 Å². The molecule has 4 N–H and O–H groups in total. The van der Waals surface area contributed by atoms with Crippen molar-refractivity contribution in [3.05, 3.63) is 0 Å². The minimum Gasteiger partial charge on any atom is -0.368 e. The summed E-state index contributed by atoms with van der Waals surface area (Å²) in [5, 5.41) is 0. The van der Waals surface area contributed by atoms with Crippen molar-refractivity contribution in [1.82, 2.24) is 4.90 Å². The largest absolute Gasteiger partial charge is 0.368 e. The van der Waals surface area contributed by atoms with Gasteiger partial charge >= 0.3 is 0 Å². The van der Waals surface area contributed by atoms with Crippen molar-refractivity contribution < 1.29 is 9.59 Å². The summed E-state index contributed by atoms with van der Waals surface area (Å²) in [6.07, 6.45) is 7.74. The van der Waals surface area contributed by atoms with E-state index in [4.69, 9.17) is 11.5 Å². The van der Waals surface area contributed by atoms with Gasteiger partial charge in [0.05, 0.1) is 6.54 Å². The first kappa shape index (κ1) is 17.0. The molecule has 116 valence electrons. The highest BCUT2D eigenvalue weighted by Gasteiger charge is 2.21. The Balaban J connectivity index is 2.34. The van der Waals surface area contributed by atoms with E-state index in [1.54, 1.807) is 4.90 Å². The van der Waals surface area contributed by atoms with Crippen molar-refractivity contribution in [3.63, 3.8) is 0 Å². The second-order valence-corrected chi connectivity index (χ2v) is 5.95. The Kier molecular flexibility index (Phi) is 7.59. The van der Waals surface area contributed by atoms with Gasteiger partial charge in [-0.15, -0.1) is 0 Å². The predicted octanol–water partition coefficient (Wildman–Crippen LogP) is 1.40. The van der Waals surface area contributed by atoms with Gasteiger partial charge in [-0.25, -0.2) is 0 Å². The molecule has 0 heterocycles. The van der Waals surface area contributed by atoms with Crippen LogP contribution in [-0.4, -0.2) is 35.8 Å². The first-order valence-electron chi connectivity index (χ1n) is 7.84. The van der Waals surface area contributed by atoms with Gasteiger partial charge in [-0.3, -0.25) is 9.59 Å². The average Bonchev–Trinajstić information content (AvgIpc) is 2.42. The highest BCUT2D eigenvalue weighted by Crippen LogP contribution is 2.27. The lowest BCUT2D eigenvalue weighted by Gasteiger charge is -2.27. The van der Waals surface area contributed by atoms with E-state index in [0.717, 1.165) is 44.9 Å². The zero-order chi connectivity index (χ0) is 15.0. The van der Waals surface area contributed by atoms with Crippen LogP contribution in [0, 0.1) is 5.92 Å². The van der Waals surface area contributed by atoms with Gasteiger partial charge in [0.1, 0.15) is 0 Å². The second-order valence-electron chi connectivity index (χ2n) is 5.95. The fourth-order valence-corrected chi connectivity index (χ4v) is 2.79. The van der Waals surface area contributed by atoms with Crippen LogP contribution >= 0.6 is 0 Å². The molecular formula is C15H29N3O2. The number of carbonyl (C=O) groups is 2. The molecule has 0 bridgehead atoms. The van der Waals surface area contributed by atoms with Crippen LogP contribution in [0.5, 0.6) is 0 Å². The van der Waals surface area contributed by atoms with E-state index in [0.29, 0.717) is 24.9 Å². The number of nitrogens with two attached hydrogens (primary N) is 2. The van der Waals surface area contributed by atoms with Gasteiger partial charge < -0.3 is 16.4 Å². The lowest BCUT2D eigenvalue weighted by Crippen LogP contribution is -2.39. The number of unbranched alkanes of at least 4 members (excludes halogenated alkanes) is 1. The Hall–Kier alpha value is -1.10. The molecule has 0 unspecified atom stereocenters. The maximum absolute atomic E-state index is 12.2.